The number of H-pyrrole nitrogens is 1. The van der Waals surface area contributed by atoms with Crippen molar-refractivity contribution in [2.45, 2.75) is 26.3 Å². The summed E-state index contributed by atoms with van der Waals surface area (Å²) in [5.41, 5.74) is 5.10. The Hall–Kier alpha value is -2.85. The van der Waals surface area contributed by atoms with Crippen LogP contribution in [0.4, 0.5) is 4.79 Å². The van der Waals surface area contributed by atoms with Crippen LogP contribution in [0.3, 0.4) is 0 Å². The molecule has 34 heavy (non-hydrogen) atoms. The molecule has 180 valence electrons. The highest BCUT2D eigenvalue weighted by Gasteiger charge is 2.23. The number of para-hydroxylation sites is 1. The fourth-order valence-corrected chi connectivity index (χ4v) is 4.80. The Morgan fingerprint density at radius 3 is 2.56 bits per heavy atom. The third-order valence-corrected chi connectivity index (χ3v) is 6.05. The molecule has 2 aromatic carbocycles. The highest BCUT2D eigenvalue weighted by atomic mass is 79.9. The first-order chi connectivity index (χ1) is 16.3. The second-order valence-corrected chi connectivity index (χ2v) is 9.71. The number of rotatable bonds is 9. The second-order valence-electron chi connectivity index (χ2n) is 8.00. The van der Waals surface area contributed by atoms with Crippen LogP contribution >= 0.6 is 31.9 Å². The lowest BCUT2D eigenvalue weighted by molar-refractivity contribution is -0.123. The standard InChI is InChI=1S/C24H26Br2N4O4/c1-14(2)13-34-24(32)29-21(10-16-12-27-20-7-5-4-6-17(16)20)23(31)30-28-11-15-8-18(25)22(33-3)19(26)9-15/h4-9,11-12,14,21,27H,10,13H2,1-3H3,(H,29,32)(H,30,31)/b28-11-/t21-/m0/s1. The van der Waals surface area contributed by atoms with Gasteiger partial charge in [-0.05, 0) is 67.1 Å². The highest BCUT2D eigenvalue weighted by Crippen LogP contribution is 2.33. The SMILES string of the molecule is COc1c(Br)cc(/C=N\NC(=O)[C@H](Cc2c[nH]c3ccccc23)NC(=O)OCC(C)C)cc1Br. The lowest BCUT2D eigenvalue weighted by Crippen LogP contribution is -2.47. The summed E-state index contributed by atoms with van der Waals surface area (Å²) in [6, 6.07) is 10.5. The van der Waals surface area contributed by atoms with Gasteiger partial charge in [0.2, 0.25) is 0 Å². The van der Waals surface area contributed by atoms with Crippen molar-refractivity contribution in [2.75, 3.05) is 13.7 Å². The molecule has 2 amide bonds. The maximum Gasteiger partial charge on any atom is 0.407 e. The van der Waals surface area contributed by atoms with Gasteiger partial charge in [-0.3, -0.25) is 4.79 Å². The first kappa shape index (κ1) is 25.8. The van der Waals surface area contributed by atoms with Gasteiger partial charge in [0.25, 0.3) is 5.91 Å². The monoisotopic (exact) mass is 592 g/mol. The summed E-state index contributed by atoms with van der Waals surface area (Å²) in [7, 11) is 1.58. The first-order valence-corrected chi connectivity index (χ1v) is 12.2. The Morgan fingerprint density at radius 1 is 1.18 bits per heavy atom. The molecule has 0 saturated heterocycles. The van der Waals surface area contributed by atoms with Crippen LogP contribution in [0.5, 0.6) is 5.75 Å². The van der Waals surface area contributed by atoms with E-state index >= 15 is 0 Å². The molecule has 0 aliphatic rings. The van der Waals surface area contributed by atoms with Gasteiger partial charge in [0.15, 0.2) is 0 Å². The predicted molar refractivity (Wildman–Crippen MR) is 139 cm³/mol. The molecule has 1 aromatic heterocycles. The van der Waals surface area contributed by atoms with Crippen molar-refractivity contribution >= 4 is 61.0 Å². The fraction of sp³-hybridized carbons (Fsp3) is 0.292. The molecular weight excluding hydrogens is 568 g/mol. The molecule has 0 bridgehead atoms. The van der Waals surface area contributed by atoms with Gasteiger partial charge >= 0.3 is 6.09 Å². The zero-order valence-electron chi connectivity index (χ0n) is 19.0. The number of methoxy groups -OCH3 is 1. The van der Waals surface area contributed by atoms with Crippen molar-refractivity contribution < 1.29 is 19.1 Å². The van der Waals surface area contributed by atoms with Crippen LogP contribution in [0.15, 0.2) is 56.6 Å². The average molecular weight is 594 g/mol. The number of carbonyl (C=O) groups is 2. The molecule has 0 aliphatic heterocycles. The number of aromatic amines is 1. The van der Waals surface area contributed by atoms with Crippen LogP contribution in [-0.2, 0) is 16.0 Å². The number of alkyl carbamates (subject to hydrolysis) is 1. The largest absolute Gasteiger partial charge is 0.494 e. The van der Waals surface area contributed by atoms with E-state index in [2.05, 4.69) is 52.7 Å². The van der Waals surface area contributed by atoms with Gasteiger partial charge in [-0.25, -0.2) is 10.2 Å². The molecule has 0 unspecified atom stereocenters. The van der Waals surface area contributed by atoms with Crippen molar-refractivity contribution in [3.05, 3.63) is 62.7 Å². The van der Waals surface area contributed by atoms with Crippen LogP contribution < -0.4 is 15.5 Å². The maximum atomic E-state index is 13.0. The summed E-state index contributed by atoms with van der Waals surface area (Å²) in [6.07, 6.45) is 2.96. The van der Waals surface area contributed by atoms with Gasteiger partial charge in [-0.15, -0.1) is 0 Å². The van der Waals surface area contributed by atoms with E-state index in [4.69, 9.17) is 9.47 Å². The maximum absolute atomic E-state index is 13.0. The normalized spacial score (nSPS) is 12.2. The van der Waals surface area contributed by atoms with Crippen LogP contribution in [0.1, 0.15) is 25.0 Å². The lowest BCUT2D eigenvalue weighted by Gasteiger charge is -2.17. The number of halogens is 2. The van der Waals surface area contributed by atoms with E-state index in [-0.39, 0.29) is 18.9 Å². The number of aromatic nitrogens is 1. The molecule has 3 rings (SSSR count). The van der Waals surface area contributed by atoms with E-state index in [1.807, 2.05) is 56.4 Å². The number of amides is 2. The average Bonchev–Trinajstić information content (AvgIpc) is 3.20. The van der Waals surface area contributed by atoms with Crippen LogP contribution in [0.2, 0.25) is 0 Å². The van der Waals surface area contributed by atoms with Gasteiger partial charge in [-0.1, -0.05) is 32.0 Å². The molecule has 3 N–H and O–H groups in total. The number of hydrazone groups is 1. The molecular formula is C24H26Br2N4O4. The number of ether oxygens (including phenoxy) is 2. The van der Waals surface area contributed by atoms with Gasteiger partial charge in [-0.2, -0.15) is 5.10 Å². The highest BCUT2D eigenvalue weighted by molar-refractivity contribution is 9.11. The van der Waals surface area contributed by atoms with E-state index in [9.17, 15) is 9.59 Å². The Bertz CT molecular complexity index is 1170. The van der Waals surface area contributed by atoms with Gasteiger partial charge in [0.1, 0.15) is 11.8 Å². The second kappa shape index (κ2) is 12.0. The summed E-state index contributed by atoms with van der Waals surface area (Å²) in [6.45, 7) is 4.13. The topological polar surface area (TPSA) is 105 Å². The number of nitrogens with one attached hydrogen (secondary N) is 3. The molecule has 1 heterocycles. The number of carbonyl (C=O) groups excluding carboxylic acids is 2. The molecule has 8 nitrogen and oxygen atoms in total. The van der Waals surface area contributed by atoms with E-state index < -0.39 is 18.0 Å². The molecule has 0 spiro atoms. The van der Waals surface area contributed by atoms with Gasteiger partial charge in [0.05, 0.1) is 28.9 Å². The minimum absolute atomic E-state index is 0.180. The van der Waals surface area contributed by atoms with E-state index in [1.165, 1.54) is 6.21 Å². The number of hydrogen-bond donors (Lipinski definition) is 3. The molecule has 10 heteroatoms. The zero-order chi connectivity index (χ0) is 24.7. The third kappa shape index (κ3) is 6.83. The minimum atomic E-state index is -0.884. The van der Waals surface area contributed by atoms with E-state index in [0.29, 0.717) is 5.75 Å². The zero-order valence-corrected chi connectivity index (χ0v) is 22.2. The summed E-state index contributed by atoms with van der Waals surface area (Å²) in [5.74, 6) is 0.373. The third-order valence-electron chi connectivity index (χ3n) is 4.87. The smallest absolute Gasteiger partial charge is 0.407 e. The van der Waals surface area contributed by atoms with Crippen LogP contribution in [0, 0.1) is 5.92 Å². The van der Waals surface area contributed by atoms with Crippen molar-refractivity contribution in [2.24, 2.45) is 11.0 Å². The van der Waals surface area contributed by atoms with Gasteiger partial charge in [0, 0.05) is 23.5 Å². The van der Waals surface area contributed by atoms with Crippen molar-refractivity contribution in [1.29, 1.82) is 0 Å². The van der Waals surface area contributed by atoms with Crippen LogP contribution in [0.25, 0.3) is 10.9 Å². The number of fused-ring (bicyclic) bond motifs is 1. The quantitative estimate of drug-likeness (QED) is 0.236. The summed E-state index contributed by atoms with van der Waals surface area (Å²) in [5, 5.41) is 7.71. The first-order valence-electron chi connectivity index (χ1n) is 10.6. The van der Waals surface area contributed by atoms with Crippen molar-refractivity contribution in [3.63, 3.8) is 0 Å². The summed E-state index contributed by atoms with van der Waals surface area (Å²) < 4.78 is 12.0. The Kier molecular flexibility index (Phi) is 9.12. The Labute approximate surface area is 214 Å². The molecule has 3 aromatic rings. The summed E-state index contributed by atoms with van der Waals surface area (Å²) >= 11 is 6.88. The summed E-state index contributed by atoms with van der Waals surface area (Å²) in [4.78, 5) is 28.4. The minimum Gasteiger partial charge on any atom is -0.494 e. The lowest BCUT2D eigenvalue weighted by atomic mass is 10.0. The Balaban J connectivity index is 1.74. The van der Waals surface area contributed by atoms with E-state index in [1.54, 1.807) is 7.11 Å². The molecule has 0 radical (unpaired) electrons. The number of nitrogens with zero attached hydrogens (tertiary/aromatic N) is 1. The molecule has 0 aliphatic carbocycles. The molecule has 0 fully saturated rings. The van der Waals surface area contributed by atoms with Gasteiger partial charge < -0.3 is 19.8 Å². The van der Waals surface area contributed by atoms with Crippen LogP contribution in [-0.4, -0.2) is 43.0 Å². The van der Waals surface area contributed by atoms with Crippen molar-refractivity contribution in [3.8, 4) is 5.75 Å². The number of benzene rings is 2. The Morgan fingerprint density at radius 2 is 1.88 bits per heavy atom. The van der Waals surface area contributed by atoms with Crippen molar-refractivity contribution in [1.82, 2.24) is 15.7 Å². The molecule has 0 saturated carbocycles. The molecule has 1 atom stereocenters. The number of hydrogen-bond acceptors (Lipinski definition) is 5. The fourth-order valence-electron chi connectivity index (χ4n) is 3.25. The predicted octanol–water partition coefficient (Wildman–Crippen LogP) is 5.15. The van der Waals surface area contributed by atoms with E-state index in [0.717, 1.165) is 31.0 Å².